The zero-order valence-electron chi connectivity index (χ0n) is 77.5. The first-order chi connectivity index (χ1) is 68.4. The summed E-state index contributed by atoms with van der Waals surface area (Å²) >= 11 is 6.84. The van der Waals surface area contributed by atoms with Crippen LogP contribution in [0.3, 0.4) is 0 Å². The van der Waals surface area contributed by atoms with Crippen molar-refractivity contribution in [1.29, 1.82) is 0 Å². The molecule has 2 N–H and O–H groups in total. The molecule has 31 heteroatoms. The second kappa shape index (κ2) is 45.4. The van der Waals surface area contributed by atoms with E-state index in [0.717, 1.165) is 119 Å². The van der Waals surface area contributed by atoms with E-state index in [9.17, 15) is 43.2 Å². The second-order valence-corrected chi connectivity index (χ2v) is 38.7. The maximum absolute atomic E-state index is 12.8. The first-order valence-corrected chi connectivity index (χ1v) is 51.5. The molecule has 0 bridgehead atoms. The number of nitrogens with zero attached hydrogens (tertiary/aromatic N) is 8. The number of aromatic nitrogens is 2. The fraction of sp³-hybridized carbons (Fsp3) is 0.275. The average molecular weight is 1970 g/mol. The molecule has 0 aliphatic carbocycles. The smallest absolute Gasteiger partial charge is 0.258 e. The summed E-state index contributed by atoms with van der Waals surface area (Å²) in [5, 5.41) is 9.51. The number of thiophene rings is 5. The zero-order valence-corrected chi connectivity index (χ0v) is 81.5. The van der Waals surface area contributed by atoms with Crippen molar-refractivity contribution in [2.75, 3.05) is 148 Å². The highest BCUT2D eigenvalue weighted by Gasteiger charge is 2.29. The fourth-order valence-corrected chi connectivity index (χ4v) is 22.0. The molecule has 716 valence electrons. The van der Waals surface area contributed by atoms with Gasteiger partial charge in [0, 0.05) is 218 Å². The Morgan fingerprint density at radius 1 is 0.350 bits per heavy atom. The summed E-state index contributed by atoms with van der Waals surface area (Å²) in [6, 6.07) is 57.4. The Morgan fingerprint density at radius 2 is 0.714 bits per heavy atom. The van der Waals surface area contributed by atoms with Crippen LogP contribution in [0.5, 0.6) is 0 Å². The lowest BCUT2D eigenvalue weighted by Gasteiger charge is -2.27. The van der Waals surface area contributed by atoms with Gasteiger partial charge in [-0.25, -0.2) is 0 Å². The van der Waals surface area contributed by atoms with Crippen LogP contribution in [0.1, 0.15) is 117 Å². The Hall–Kier alpha value is -13.9. The van der Waals surface area contributed by atoms with Crippen LogP contribution >= 0.6 is 56.7 Å². The first-order valence-electron chi connectivity index (χ1n) is 47.1. The standard InChI is InChI=1S/C26H23NO4S.C25H22N2O3S.C24H20N2O4S.C18H18N2O2S.C16H20N2O4S/c28-22(10-9-18-5-2-1-3-6-18)20-8-4-7-19(15-20)21-17-32-26-23(29)16-24(31-25(21)26)27-11-13-30-14-12-27;28-21(14-19-9-2-3-10-26-19)18-8-6-7-17(13-18)20-16-31-25-22(29)15-23(30-24(20)25)27-11-4-1-5-12-27;27-20(12-16-4-6-25-7-5-16)18-3-1-2-17(13-18)19-15-31-24-21(28)14-22(30-23(19)24)26-8-10-29-11-9-26;19-13-6-4-12(5-7-13)14-11-23-18-15(21)10-16(22-17(14)18)20-8-2-1-3-9-20;1-3-17(4-2)16(20)11-10-23-15-12(19)9-13(22-14(11)15)18-5-7-21-8-6-18/h1-8,15-17H,9-14H2;2-3,6-10,13,15-16H,1,4-5,11-12,14H2;1-7,13-15H,8-12H2;4-7,10-11H,1-3,8-9,19H2;9-10H,3-8H2,1-2H3. The van der Waals surface area contributed by atoms with Crippen molar-refractivity contribution in [3.63, 3.8) is 0 Å². The molecule has 5 saturated heterocycles. The van der Waals surface area contributed by atoms with Crippen LogP contribution in [0.2, 0.25) is 0 Å². The first kappa shape index (κ1) is 96.4. The molecule has 5 aliphatic rings. The molecule has 12 aromatic heterocycles. The van der Waals surface area contributed by atoms with Gasteiger partial charge in [-0.15, -0.1) is 56.7 Å². The summed E-state index contributed by atoms with van der Waals surface area (Å²) in [6.07, 6.45) is 13.8. The van der Waals surface area contributed by atoms with Crippen LogP contribution < -0.4 is 57.4 Å². The maximum atomic E-state index is 12.8. The predicted molar refractivity (Wildman–Crippen MR) is 560 cm³/mol. The van der Waals surface area contributed by atoms with E-state index in [0.29, 0.717) is 214 Å². The molecule has 5 aromatic carbocycles. The van der Waals surface area contributed by atoms with E-state index in [1.807, 2.05) is 208 Å². The topological polar surface area (TPSA) is 318 Å². The lowest BCUT2D eigenvalue weighted by atomic mass is 9.99. The molecular formula is C109H103N9O17S5. The zero-order chi connectivity index (χ0) is 96.5. The number of fused-ring (bicyclic) bond motifs is 5. The summed E-state index contributed by atoms with van der Waals surface area (Å²) in [7, 11) is 0. The van der Waals surface area contributed by atoms with Crippen LogP contribution in [-0.2, 0) is 33.5 Å². The van der Waals surface area contributed by atoms with Crippen molar-refractivity contribution in [3.8, 4) is 44.5 Å². The summed E-state index contributed by atoms with van der Waals surface area (Å²) in [4.78, 5) is 134. The van der Waals surface area contributed by atoms with Crippen LogP contribution in [0.25, 0.3) is 95.9 Å². The number of amides is 1. The summed E-state index contributed by atoms with van der Waals surface area (Å²) < 4.78 is 49.8. The SMILES string of the molecule is CCN(CC)C(=O)c1csc2c(=O)cc(N3CCOCC3)oc12.Nc1ccc(-c2csc3c(=O)cc(N4CCCCC4)oc23)cc1.O=C(CCc1ccccc1)c1cccc(-c2csc3c(=O)cc(N4CCOCC4)oc23)c1.O=C(Cc1ccccn1)c1cccc(-c2csc3c(=O)cc(N4CCCCC4)oc23)c1.O=C(Cc1ccncc1)c1cccc(-c2csc3c(=O)cc(N4CCOCC4)oc23)c1. The number of ether oxygens (including phenoxy) is 3. The van der Waals surface area contributed by atoms with Crippen molar-refractivity contribution in [3.05, 3.63) is 324 Å². The molecule has 5 fully saturated rings. The van der Waals surface area contributed by atoms with Gasteiger partial charge >= 0.3 is 0 Å². The normalized spacial score (nSPS) is 14.5. The Balaban J connectivity index is 0.000000117. The van der Waals surface area contributed by atoms with E-state index >= 15 is 0 Å². The van der Waals surface area contributed by atoms with Crippen molar-refractivity contribution < 1.29 is 55.5 Å². The molecule has 17 heterocycles. The van der Waals surface area contributed by atoms with Gasteiger partial charge in [0.1, 0.15) is 23.5 Å². The number of anilines is 6. The van der Waals surface area contributed by atoms with Gasteiger partial charge in [0.25, 0.3) is 5.91 Å². The number of pyridine rings is 2. The number of rotatable bonds is 22. The molecule has 0 radical (unpaired) electrons. The van der Waals surface area contributed by atoms with Crippen LogP contribution in [-0.4, -0.2) is 156 Å². The van der Waals surface area contributed by atoms with Gasteiger partial charge < -0.3 is 71.4 Å². The van der Waals surface area contributed by atoms with Crippen molar-refractivity contribution in [2.45, 2.75) is 78.1 Å². The van der Waals surface area contributed by atoms with Gasteiger partial charge in [-0.1, -0.05) is 103 Å². The molecule has 0 spiro atoms. The average Bonchev–Trinajstić information content (AvgIpc) is 1.64. The summed E-state index contributed by atoms with van der Waals surface area (Å²) in [5.41, 5.74) is 21.5. The highest BCUT2D eigenvalue weighted by Crippen LogP contribution is 2.41. The number of morpholine rings is 3. The lowest BCUT2D eigenvalue weighted by Crippen LogP contribution is -2.36. The third-order valence-electron chi connectivity index (χ3n) is 25.1. The predicted octanol–water partition coefficient (Wildman–Crippen LogP) is 21.0. The van der Waals surface area contributed by atoms with Gasteiger partial charge in [0.15, 0.2) is 74.7 Å². The Bertz CT molecular complexity index is 7380. The number of nitrogens with two attached hydrogens (primary N) is 1. The number of carbonyl (C=O) groups excluding carboxylic acids is 4. The van der Waals surface area contributed by atoms with Gasteiger partial charge in [-0.05, 0) is 147 Å². The van der Waals surface area contributed by atoms with Crippen LogP contribution in [0.15, 0.2) is 280 Å². The molecule has 17 aromatic rings. The Morgan fingerprint density at radius 3 is 1.11 bits per heavy atom. The molecule has 0 unspecified atom stereocenters. The molecule has 0 saturated carbocycles. The Labute approximate surface area is 825 Å². The quantitative estimate of drug-likeness (QED) is 0.0486. The third-order valence-corrected chi connectivity index (χ3v) is 30.0. The number of aryl methyl sites for hydroxylation is 1. The molecule has 5 aliphatic heterocycles. The number of Topliss-reactive ketones (excluding diaryl/α,β-unsaturated/α-hetero) is 3. The number of ketones is 3. The van der Waals surface area contributed by atoms with E-state index < -0.39 is 0 Å². The van der Waals surface area contributed by atoms with Gasteiger partial charge in [-0.3, -0.25) is 53.1 Å². The monoisotopic (exact) mass is 1970 g/mol. The third kappa shape index (κ3) is 22.7. The second-order valence-electron chi connectivity index (χ2n) is 34.3. The van der Waals surface area contributed by atoms with E-state index in [1.165, 1.54) is 75.6 Å². The minimum Gasteiger partial charge on any atom is -0.439 e. The fourth-order valence-electron chi connectivity index (χ4n) is 17.5. The number of hydrogen-bond acceptors (Lipinski definition) is 30. The largest absolute Gasteiger partial charge is 0.439 e. The Kier molecular flexibility index (Phi) is 31.2. The highest BCUT2D eigenvalue weighted by atomic mass is 32.1. The lowest BCUT2D eigenvalue weighted by molar-refractivity contribution is 0.0773. The van der Waals surface area contributed by atoms with E-state index in [1.54, 1.807) is 53.1 Å². The number of benzene rings is 5. The number of carbonyl (C=O) groups is 4. The van der Waals surface area contributed by atoms with Gasteiger partial charge in [0.2, 0.25) is 27.1 Å². The van der Waals surface area contributed by atoms with Crippen molar-refractivity contribution >= 4 is 166 Å². The molecule has 22 rings (SSSR count). The van der Waals surface area contributed by atoms with Crippen molar-refractivity contribution in [2.24, 2.45) is 0 Å². The molecule has 26 nitrogen and oxygen atoms in total. The van der Waals surface area contributed by atoms with E-state index in [-0.39, 0.29) is 56.8 Å². The maximum Gasteiger partial charge on any atom is 0.258 e. The summed E-state index contributed by atoms with van der Waals surface area (Å²) in [5.74, 6) is 3.02. The molecule has 140 heavy (non-hydrogen) atoms. The van der Waals surface area contributed by atoms with Crippen LogP contribution in [0, 0.1) is 0 Å². The molecular weight excluding hydrogens is 1870 g/mol. The van der Waals surface area contributed by atoms with E-state index in [2.05, 4.69) is 19.8 Å². The minimum atomic E-state index is -0.101. The highest BCUT2D eigenvalue weighted by molar-refractivity contribution is 7.19. The number of hydrogen-bond donors (Lipinski definition) is 1. The van der Waals surface area contributed by atoms with Gasteiger partial charge in [-0.2, -0.15) is 0 Å². The molecule has 1 amide bonds. The number of piperidine rings is 2. The van der Waals surface area contributed by atoms with Crippen LogP contribution in [0.4, 0.5) is 35.1 Å². The number of nitrogen functional groups attached to an aromatic ring is 1. The van der Waals surface area contributed by atoms with Crippen molar-refractivity contribution in [1.82, 2.24) is 14.9 Å². The minimum absolute atomic E-state index is 0.00976. The van der Waals surface area contributed by atoms with E-state index in [4.69, 9.17) is 42.0 Å². The van der Waals surface area contributed by atoms with Gasteiger partial charge in [0.05, 0.1) is 51.6 Å². The summed E-state index contributed by atoms with van der Waals surface area (Å²) in [6.45, 7) is 16.6. The molecule has 0 atom stereocenters.